The maximum Gasteiger partial charge on any atom is 0.295 e. The Bertz CT molecular complexity index is 2470. The van der Waals surface area contributed by atoms with Crippen LogP contribution in [0.2, 0.25) is 0 Å². The van der Waals surface area contributed by atoms with Crippen molar-refractivity contribution in [2.24, 2.45) is 11.5 Å². The molecule has 19 heteroatoms. The molecule has 4 heterocycles. The number of aliphatic hydroxyl groups excluding tert-OH is 1. The van der Waals surface area contributed by atoms with Gasteiger partial charge in [-0.25, -0.2) is 19.9 Å². The molecule has 6 aromatic rings. The average Bonchev–Trinajstić information content (AvgIpc) is 3.93. The number of imidazole rings is 2. The maximum atomic E-state index is 13.5. The molecule has 0 aliphatic rings. The number of benzene rings is 2. The minimum atomic E-state index is -0.718. The first-order chi connectivity index (χ1) is 26.4. The summed E-state index contributed by atoms with van der Waals surface area (Å²) in [5.41, 5.74) is 13.4. The standard InChI is InChI=1S/C36H38N10O9/c1-5-22-30(55-19(3)40-22)34(51)44-36-41-23-13-20(31(37)48)15-25(52-4)28(23)45(36)9-6-7-10-46-29-24(14-21(32(38)49)16-26(29)53-12-8-11-47)42-35(46)43-33(50)27-17-39-18(2)54-27/h6-7,13-17,47H,5,8-12H2,1-4H3,(H2,37,48)(H2,38,49)(H,41,44,51)(H,42,43,50)/b7-6+. The maximum absolute atomic E-state index is 13.5. The number of fused-ring (bicyclic) bond motifs is 2. The zero-order valence-corrected chi connectivity index (χ0v) is 30.3. The highest BCUT2D eigenvalue weighted by Crippen LogP contribution is 2.33. The van der Waals surface area contributed by atoms with Crippen LogP contribution in [0.5, 0.6) is 11.5 Å². The van der Waals surface area contributed by atoms with Gasteiger partial charge in [-0.05, 0) is 30.7 Å². The van der Waals surface area contributed by atoms with E-state index in [9.17, 15) is 24.3 Å². The molecule has 6 rings (SSSR count). The number of allylic oxidation sites excluding steroid dienone is 2. The van der Waals surface area contributed by atoms with Gasteiger partial charge in [0.15, 0.2) is 11.8 Å². The fourth-order valence-corrected chi connectivity index (χ4v) is 5.84. The van der Waals surface area contributed by atoms with E-state index < -0.39 is 23.6 Å². The summed E-state index contributed by atoms with van der Waals surface area (Å²) in [4.78, 5) is 68.5. The number of hydrogen-bond donors (Lipinski definition) is 5. The van der Waals surface area contributed by atoms with Crippen molar-refractivity contribution in [2.45, 2.75) is 46.7 Å². The Hall–Kier alpha value is -7.02. The number of primary amides is 2. The second-order valence-corrected chi connectivity index (χ2v) is 12.1. The highest BCUT2D eigenvalue weighted by Gasteiger charge is 2.24. The Morgan fingerprint density at radius 3 is 1.95 bits per heavy atom. The number of carbonyl (C=O) groups excluding carboxylic acids is 4. The van der Waals surface area contributed by atoms with Crippen molar-refractivity contribution in [3.8, 4) is 11.5 Å². The van der Waals surface area contributed by atoms with Gasteiger partial charge in [0.05, 0.1) is 36.6 Å². The molecule has 19 nitrogen and oxygen atoms in total. The van der Waals surface area contributed by atoms with E-state index in [2.05, 4.69) is 30.6 Å². The first-order valence-corrected chi connectivity index (χ1v) is 17.0. The number of amides is 4. The van der Waals surface area contributed by atoms with Crippen LogP contribution in [0.4, 0.5) is 11.9 Å². The van der Waals surface area contributed by atoms with Crippen LogP contribution in [0.15, 0.2) is 51.4 Å². The molecule has 0 saturated carbocycles. The Morgan fingerprint density at radius 1 is 0.836 bits per heavy atom. The number of ether oxygens (including phenoxy) is 2. The van der Waals surface area contributed by atoms with Gasteiger partial charge in [-0.3, -0.25) is 29.8 Å². The van der Waals surface area contributed by atoms with E-state index in [-0.39, 0.29) is 72.3 Å². The van der Waals surface area contributed by atoms with Gasteiger partial charge in [-0.1, -0.05) is 19.1 Å². The first-order valence-electron chi connectivity index (χ1n) is 17.0. The van der Waals surface area contributed by atoms with Crippen LogP contribution in [0.3, 0.4) is 0 Å². The molecule has 286 valence electrons. The fourth-order valence-electron chi connectivity index (χ4n) is 5.84. The normalized spacial score (nSPS) is 11.4. The largest absolute Gasteiger partial charge is 0.494 e. The predicted molar refractivity (Wildman–Crippen MR) is 197 cm³/mol. The molecular weight excluding hydrogens is 716 g/mol. The fraction of sp³-hybridized carbons (Fsp3) is 0.278. The number of methoxy groups -OCH3 is 1. The second kappa shape index (κ2) is 15.9. The monoisotopic (exact) mass is 754 g/mol. The van der Waals surface area contributed by atoms with E-state index >= 15 is 0 Å². The highest BCUT2D eigenvalue weighted by molar-refractivity contribution is 6.05. The molecule has 0 fully saturated rings. The Morgan fingerprint density at radius 2 is 1.42 bits per heavy atom. The summed E-state index contributed by atoms with van der Waals surface area (Å²) in [6.45, 7) is 5.29. The third-order valence-corrected chi connectivity index (χ3v) is 8.35. The molecule has 0 saturated heterocycles. The molecule has 0 bridgehead atoms. The van der Waals surface area contributed by atoms with Crippen LogP contribution in [-0.4, -0.2) is 78.1 Å². The number of aromatic nitrogens is 6. The Kier molecular flexibility index (Phi) is 10.9. The van der Waals surface area contributed by atoms with Crippen molar-refractivity contribution in [1.82, 2.24) is 29.1 Å². The number of nitrogens with two attached hydrogens (primary N) is 2. The molecule has 0 aliphatic heterocycles. The van der Waals surface area contributed by atoms with Crippen molar-refractivity contribution in [1.29, 1.82) is 0 Å². The van der Waals surface area contributed by atoms with E-state index in [1.54, 1.807) is 35.1 Å². The predicted octanol–water partition coefficient (Wildman–Crippen LogP) is 3.27. The molecule has 4 aromatic heterocycles. The zero-order chi connectivity index (χ0) is 39.4. The Labute approximate surface area is 312 Å². The van der Waals surface area contributed by atoms with E-state index in [1.165, 1.54) is 37.6 Å². The van der Waals surface area contributed by atoms with E-state index in [1.807, 2.05) is 6.92 Å². The number of nitrogens with zero attached hydrogens (tertiary/aromatic N) is 6. The number of hydrogen-bond acceptors (Lipinski definition) is 13. The quantitative estimate of drug-likeness (QED) is 0.0702. The molecule has 0 aliphatic carbocycles. The van der Waals surface area contributed by atoms with Gasteiger partial charge >= 0.3 is 0 Å². The molecule has 0 atom stereocenters. The summed E-state index contributed by atoms with van der Waals surface area (Å²) >= 11 is 0. The summed E-state index contributed by atoms with van der Waals surface area (Å²) < 4.78 is 25.9. The number of anilines is 2. The van der Waals surface area contributed by atoms with Crippen molar-refractivity contribution >= 4 is 57.6 Å². The van der Waals surface area contributed by atoms with E-state index in [4.69, 9.17) is 29.8 Å². The number of aliphatic hydroxyl groups is 1. The summed E-state index contributed by atoms with van der Waals surface area (Å²) in [6.07, 6.45) is 5.59. The minimum absolute atomic E-state index is 0.0393. The smallest absolute Gasteiger partial charge is 0.295 e. The number of rotatable bonds is 16. The van der Waals surface area contributed by atoms with Crippen LogP contribution in [-0.2, 0) is 19.5 Å². The number of oxazole rings is 2. The summed E-state index contributed by atoms with van der Waals surface area (Å²) in [6, 6.07) is 5.92. The average molecular weight is 755 g/mol. The summed E-state index contributed by atoms with van der Waals surface area (Å²) in [5, 5.41) is 14.9. The van der Waals surface area contributed by atoms with Gasteiger partial charge in [0.1, 0.15) is 22.5 Å². The van der Waals surface area contributed by atoms with Gasteiger partial charge in [-0.15, -0.1) is 0 Å². The van der Waals surface area contributed by atoms with Gasteiger partial charge in [0.2, 0.25) is 35.2 Å². The van der Waals surface area contributed by atoms with Crippen molar-refractivity contribution < 1.29 is 42.6 Å². The van der Waals surface area contributed by atoms with Crippen molar-refractivity contribution in [3.63, 3.8) is 0 Å². The van der Waals surface area contributed by atoms with Crippen LogP contribution in [0.25, 0.3) is 22.1 Å². The van der Waals surface area contributed by atoms with Gasteiger partial charge < -0.3 is 44.0 Å². The number of aryl methyl sites for hydroxylation is 3. The molecule has 7 N–H and O–H groups in total. The molecule has 55 heavy (non-hydrogen) atoms. The topological polar surface area (TPSA) is 271 Å². The van der Waals surface area contributed by atoms with Gasteiger partial charge in [-0.2, -0.15) is 0 Å². The van der Waals surface area contributed by atoms with Crippen LogP contribution in [0, 0.1) is 13.8 Å². The molecule has 0 radical (unpaired) electrons. The molecule has 2 aromatic carbocycles. The molecular formula is C36H38N10O9. The lowest BCUT2D eigenvalue weighted by Gasteiger charge is -2.13. The SMILES string of the molecule is CCc1nc(C)oc1C(=O)Nc1nc2cc(C(N)=O)cc(OC)c2n1C/C=C/Cn1c(NC(=O)c2cnc(C)o2)nc2cc(C(N)=O)cc(OCCCO)c21. The lowest BCUT2D eigenvalue weighted by atomic mass is 10.1. The Balaban J connectivity index is 1.40. The van der Waals surface area contributed by atoms with Crippen molar-refractivity contribution in [2.75, 3.05) is 31.0 Å². The number of carbonyl (C=O) groups is 4. The first kappa shape index (κ1) is 37.7. The van der Waals surface area contributed by atoms with Gasteiger partial charge in [0, 0.05) is 51.1 Å². The lowest BCUT2D eigenvalue weighted by Crippen LogP contribution is -2.17. The van der Waals surface area contributed by atoms with Crippen molar-refractivity contribution in [3.05, 3.63) is 82.7 Å². The van der Waals surface area contributed by atoms with Crippen LogP contribution >= 0.6 is 0 Å². The third-order valence-electron chi connectivity index (χ3n) is 8.35. The summed E-state index contributed by atoms with van der Waals surface area (Å²) in [7, 11) is 1.43. The second-order valence-electron chi connectivity index (χ2n) is 12.1. The lowest BCUT2D eigenvalue weighted by molar-refractivity contribution is 0.0986. The van der Waals surface area contributed by atoms with Gasteiger partial charge in [0.25, 0.3) is 11.8 Å². The molecule has 0 spiro atoms. The highest BCUT2D eigenvalue weighted by atomic mass is 16.5. The van der Waals surface area contributed by atoms with Crippen LogP contribution < -0.4 is 31.6 Å². The minimum Gasteiger partial charge on any atom is -0.494 e. The van der Waals surface area contributed by atoms with Crippen LogP contribution in [0.1, 0.15) is 72.6 Å². The third kappa shape index (κ3) is 7.86. The zero-order valence-electron chi connectivity index (χ0n) is 30.3. The van der Waals surface area contributed by atoms with E-state index in [0.29, 0.717) is 52.4 Å². The van der Waals surface area contributed by atoms with E-state index in [0.717, 1.165) is 0 Å². The summed E-state index contributed by atoms with van der Waals surface area (Å²) in [5.74, 6) is -1.29. The molecule has 0 unspecified atom stereocenters. The molecule has 4 amide bonds. The number of nitrogens with one attached hydrogen (secondary N) is 2.